The first-order valence-corrected chi connectivity index (χ1v) is 9.11. The second kappa shape index (κ2) is 6.10. The van der Waals surface area contributed by atoms with Crippen molar-refractivity contribution in [2.24, 2.45) is 0 Å². The molecule has 1 saturated carbocycles. The molecule has 1 aromatic rings. The Morgan fingerprint density at radius 1 is 1.33 bits per heavy atom. The van der Waals surface area contributed by atoms with E-state index in [0.717, 1.165) is 37.8 Å². The molecule has 4 nitrogen and oxygen atoms in total. The number of nitrogens with zero attached hydrogens (tertiary/aromatic N) is 1. The standard InChI is InChI=1S/C13H14Cl2FNO3S/c1-17(8-4-2-3-5-8)13(18)9-6-12(21(15,19)20)11(16)7-10(9)14/h6-8H,2-5H2,1H3. The van der Waals surface area contributed by atoms with Crippen molar-refractivity contribution in [2.45, 2.75) is 36.6 Å². The largest absolute Gasteiger partial charge is 0.339 e. The van der Waals surface area contributed by atoms with Gasteiger partial charge in [-0.05, 0) is 25.0 Å². The van der Waals surface area contributed by atoms with Crippen LogP contribution in [0.4, 0.5) is 4.39 Å². The summed E-state index contributed by atoms with van der Waals surface area (Å²) in [5.41, 5.74) is -0.0632. The summed E-state index contributed by atoms with van der Waals surface area (Å²) in [5.74, 6) is -1.51. The Kier molecular flexibility index (Phi) is 4.80. The summed E-state index contributed by atoms with van der Waals surface area (Å²) in [5, 5.41) is -0.133. The first-order chi connectivity index (χ1) is 9.71. The molecule has 1 fully saturated rings. The highest BCUT2D eigenvalue weighted by Gasteiger charge is 2.28. The van der Waals surface area contributed by atoms with E-state index < -0.39 is 25.7 Å². The van der Waals surface area contributed by atoms with Crippen LogP contribution in [0.25, 0.3) is 0 Å². The van der Waals surface area contributed by atoms with E-state index in [9.17, 15) is 17.6 Å². The number of carbonyl (C=O) groups is 1. The molecule has 0 unspecified atom stereocenters. The van der Waals surface area contributed by atoms with Gasteiger partial charge in [-0.3, -0.25) is 4.79 Å². The minimum atomic E-state index is -4.28. The van der Waals surface area contributed by atoms with Crippen LogP contribution < -0.4 is 0 Å². The van der Waals surface area contributed by atoms with E-state index in [1.807, 2.05) is 0 Å². The van der Waals surface area contributed by atoms with Gasteiger partial charge in [-0.15, -0.1) is 0 Å². The van der Waals surface area contributed by atoms with E-state index in [4.69, 9.17) is 22.3 Å². The summed E-state index contributed by atoms with van der Waals surface area (Å²) in [6.07, 6.45) is 3.87. The van der Waals surface area contributed by atoms with E-state index in [-0.39, 0.29) is 16.6 Å². The molecule has 0 spiro atoms. The van der Waals surface area contributed by atoms with E-state index in [2.05, 4.69) is 0 Å². The number of rotatable bonds is 3. The van der Waals surface area contributed by atoms with Gasteiger partial charge in [0.1, 0.15) is 10.7 Å². The van der Waals surface area contributed by atoms with Gasteiger partial charge >= 0.3 is 0 Å². The molecule has 0 radical (unpaired) electrons. The summed E-state index contributed by atoms with van der Waals surface area (Å²) in [6, 6.07) is 1.79. The molecular formula is C13H14Cl2FNO3S. The number of halogens is 3. The first-order valence-electron chi connectivity index (χ1n) is 6.42. The van der Waals surface area contributed by atoms with Crippen LogP contribution in [-0.4, -0.2) is 32.3 Å². The Morgan fingerprint density at radius 3 is 2.43 bits per heavy atom. The zero-order valence-electron chi connectivity index (χ0n) is 11.3. The van der Waals surface area contributed by atoms with Crippen LogP contribution in [0.5, 0.6) is 0 Å². The number of hydrogen-bond acceptors (Lipinski definition) is 3. The average Bonchev–Trinajstić information content (AvgIpc) is 2.89. The summed E-state index contributed by atoms with van der Waals surface area (Å²) in [4.78, 5) is 13.2. The quantitative estimate of drug-likeness (QED) is 0.782. The van der Waals surface area contributed by atoms with Gasteiger partial charge in [0.15, 0.2) is 0 Å². The van der Waals surface area contributed by atoms with Crippen molar-refractivity contribution in [1.82, 2.24) is 4.90 Å². The van der Waals surface area contributed by atoms with Gasteiger partial charge in [-0.2, -0.15) is 0 Å². The number of amides is 1. The molecule has 0 N–H and O–H groups in total. The second-order valence-corrected chi connectivity index (χ2v) is 8.00. The second-order valence-electron chi connectivity index (χ2n) is 5.05. The van der Waals surface area contributed by atoms with Crippen LogP contribution in [0, 0.1) is 5.82 Å². The Morgan fingerprint density at radius 2 is 1.90 bits per heavy atom. The molecule has 21 heavy (non-hydrogen) atoms. The summed E-state index contributed by atoms with van der Waals surface area (Å²) < 4.78 is 36.3. The Labute approximate surface area is 132 Å². The van der Waals surface area contributed by atoms with Gasteiger partial charge in [0.2, 0.25) is 0 Å². The molecule has 1 amide bonds. The predicted molar refractivity (Wildman–Crippen MR) is 78.8 cm³/mol. The van der Waals surface area contributed by atoms with Gasteiger partial charge in [-0.1, -0.05) is 24.4 Å². The van der Waals surface area contributed by atoms with Crippen LogP contribution in [0.15, 0.2) is 17.0 Å². The predicted octanol–water partition coefficient (Wildman–Crippen LogP) is 3.42. The van der Waals surface area contributed by atoms with Crippen molar-refractivity contribution in [1.29, 1.82) is 0 Å². The minimum Gasteiger partial charge on any atom is -0.339 e. The fourth-order valence-electron chi connectivity index (χ4n) is 2.53. The molecule has 0 atom stereocenters. The molecule has 1 aliphatic carbocycles. The SMILES string of the molecule is CN(C(=O)c1cc(S(=O)(=O)Cl)c(F)cc1Cl)C1CCCC1. The summed E-state index contributed by atoms with van der Waals surface area (Å²) >= 11 is 5.87. The molecule has 0 bridgehead atoms. The van der Waals surface area contributed by atoms with Crippen molar-refractivity contribution in [3.05, 3.63) is 28.5 Å². The lowest BCUT2D eigenvalue weighted by atomic mass is 10.1. The van der Waals surface area contributed by atoms with Gasteiger partial charge in [0.25, 0.3) is 15.0 Å². The van der Waals surface area contributed by atoms with Gasteiger partial charge in [0, 0.05) is 23.8 Å². The van der Waals surface area contributed by atoms with Crippen LogP contribution in [0.1, 0.15) is 36.0 Å². The number of carbonyl (C=O) groups excluding carboxylic acids is 1. The lowest BCUT2D eigenvalue weighted by molar-refractivity contribution is 0.0735. The Hall–Kier alpha value is -0.850. The zero-order valence-corrected chi connectivity index (χ0v) is 13.6. The van der Waals surface area contributed by atoms with Crippen LogP contribution >= 0.6 is 22.3 Å². The van der Waals surface area contributed by atoms with Crippen LogP contribution in [-0.2, 0) is 9.05 Å². The third-order valence-corrected chi connectivity index (χ3v) is 5.36. The first kappa shape index (κ1) is 16.5. The fraction of sp³-hybridized carbons (Fsp3) is 0.462. The van der Waals surface area contributed by atoms with Crippen molar-refractivity contribution < 1.29 is 17.6 Å². The fourth-order valence-corrected chi connectivity index (χ4v) is 3.66. The third kappa shape index (κ3) is 3.49. The van der Waals surface area contributed by atoms with Crippen molar-refractivity contribution in [3.63, 3.8) is 0 Å². The van der Waals surface area contributed by atoms with E-state index in [0.29, 0.717) is 0 Å². The minimum absolute atomic E-state index is 0.0632. The molecule has 0 saturated heterocycles. The average molecular weight is 354 g/mol. The molecular weight excluding hydrogens is 340 g/mol. The maximum atomic E-state index is 13.6. The van der Waals surface area contributed by atoms with Crippen molar-refractivity contribution in [2.75, 3.05) is 7.05 Å². The van der Waals surface area contributed by atoms with Crippen molar-refractivity contribution >= 4 is 37.2 Å². The molecule has 116 valence electrons. The third-order valence-electron chi connectivity index (χ3n) is 3.71. The topological polar surface area (TPSA) is 54.5 Å². The molecule has 1 aromatic carbocycles. The molecule has 0 heterocycles. The maximum absolute atomic E-state index is 13.6. The highest BCUT2D eigenvalue weighted by Crippen LogP contribution is 2.29. The molecule has 2 rings (SSSR count). The molecule has 1 aliphatic rings. The Bertz CT molecular complexity index is 672. The number of hydrogen-bond donors (Lipinski definition) is 0. The molecule has 8 heteroatoms. The highest BCUT2D eigenvalue weighted by molar-refractivity contribution is 8.13. The van der Waals surface area contributed by atoms with Crippen LogP contribution in [0.3, 0.4) is 0 Å². The van der Waals surface area contributed by atoms with Gasteiger partial charge < -0.3 is 4.90 Å². The van der Waals surface area contributed by atoms with E-state index >= 15 is 0 Å². The lowest BCUT2D eigenvalue weighted by Gasteiger charge is -2.25. The van der Waals surface area contributed by atoms with Crippen LogP contribution in [0.2, 0.25) is 5.02 Å². The summed E-state index contributed by atoms with van der Waals surface area (Å²) in [6.45, 7) is 0. The Balaban J connectivity index is 2.41. The van der Waals surface area contributed by atoms with E-state index in [1.165, 1.54) is 4.90 Å². The molecule has 0 aliphatic heterocycles. The monoisotopic (exact) mass is 353 g/mol. The summed E-state index contributed by atoms with van der Waals surface area (Å²) in [7, 11) is 2.51. The zero-order chi connectivity index (χ0) is 15.8. The molecule has 0 aromatic heterocycles. The lowest BCUT2D eigenvalue weighted by Crippen LogP contribution is -2.35. The van der Waals surface area contributed by atoms with Crippen molar-refractivity contribution in [3.8, 4) is 0 Å². The highest BCUT2D eigenvalue weighted by atomic mass is 35.7. The van der Waals surface area contributed by atoms with Gasteiger partial charge in [-0.25, -0.2) is 12.8 Å². The maximum Gasteiger partial charge on any atom is 0.264 e. The number of benzene rings is 1. The smallest absolute Gasteiger partial charge is 0.264 e. The van der Waals surface area contributed by atoms with E-state index in [1.54, 1.807) is 7.05 Å². The van der Waals surface area contributed by atoms with Gasteiger partial charge in [0.05, 0.1) is 10.6 Å². The normalized spacial score (nSPS) is 16.2.